The van der Waals surface area contributed by atoms with Crippen molar-refractivity contribution in [2.45, 2.75) is 83.5 Å². The van der Waals surface area contributed by atoms with Crippen LogP contribution in [0.1, 0.15) is 89.0 Å². The van der Waals surface area contributed by atoms with Gasteiger partial charge in [0.15, 0.2) is 0 Å². The molecule has 0 bridgehead atoms. The lowest BCUT2D eigenvalue weighted by Crippen LogP contribution is -2.13. The number of benzene rings is 1. The van der Waals surface area contributed by atoms with E-state index >= 15 is 0 Å². The van der Waals surface area contributed by atoms with Crippen LogP contribution in [0.4, 0.5) is 0 Å². The highest BCUT2D eigenvalue weighted by Gasteiger charge is 2.21. The van der Waals surface area contributed by atoms with Crippen molar-refractivity contribution >= 4 is 11.6 Å². The predicted octanol–water partition coefficient (Wildman–Crippen LogP) is 8.17. The van der Waals surface area contributed by atoms with Crippen molar-refractivity contribution < 1.29 is 0 Å². The summed E-state index contributed by atoms with van der Waals surface area (Å²) in [5, 5.41) is 0.833. The maximum Gasteiger partial charge on any atom is 0.0406 e. The summed E-state index contributed by atoms with van der Waals surface area (Å²) in [6.07, 6.45) is 19.3. The molecule has 0 N–H and O–H groups in total. The molecular weight excluding hydrogens is 348 g/mol. The Labute approximate surface area is 171 Å². The highest BCUT2D eigenvalue weighted by molar-refractivity contribution is 6.30. The zero-order valence-electron chi connectivity index (χ0n) is 16.9. The lowest BCUT2D eigenvalue weighted by Gasteiger charge is -2.26. The molecule has 1 aromatic rings. The van der Waals surface area contributed by atoms with Crippen LogP contribution in [-0.2, 0) is 0 Å². The van der Waals surface area contributed by atoms with Gasteiger partial charge in [0.05, 0.1) is 0 Å². The monoisotopic (exact) mass is 382 g/mol. The fraction of sp³-hybridized carbons (Fsp3) is 0.615. The average molecular weight is 383 g/mol. The summed E-state index contributed by atoms with van der Waals surface area (Å²) in [6, 6.07) is 8.42. The van der Waals surface area contributed by atoms with E-state index < -0.39 is 0 Å². The molecule has 0 unspecified atom stereocenters. The normalized spacial score (nSPS) is 28.7. The van der Waals surface area contributed by atoms with Gasteiger partial charge in [0.1, 0.15) is 0 Å². The van der Waals surface area contributed by atoms with Gasteiger partial charge >= 0.3 is 0 Å². The summed E-state index contributed by atoms with van der Waals surface area (Å²) in [5.74, 6) is 9.93. The first-order valence-electron chi connectivity index (χ1n) is 11.2. The Balaban J connectivity index is 1.37. The number of halogens is 1. The molecule has 0 atom stereocenters. The lowest BCUT2D eigenvalue weighted by atomic mass is 9.79. The maximum atomic E-state index is 6.00. The zero-order chi connectivity index (χ0) is 18.9. The third-order valence-corrected chi connectivity index (χ3v) is 6.92. The van der Waals surface area contributed by atoms with Crippen LogP contribution in [0.25, 0.3) is 0 Å². The Morgan fingerprint density at radius 3 is 2.33 bits per heavy atom. The molecule has 0 amide bonds. The highest BCUT2D eigenvalue weighted by Crippen LogP contribution is 2.36. The number of hydrogen-bond acceptors (Lipinski definition) is 0. The van der Waals surface area contributed by atoms with E-state index in [0.29, 0.717) is 11.8 Å². The molecule has 2 aliphatic carbocycles. The van der Waals surface area contributed by atoms with Gasteiger partial charge < -0.3 is 0 Å². The first-order chi connectivity index (χ1) is 13.2. The molecule has 146 valence electrons. The summed E-state index contributed by atoms with van der Waals surface area (Å²) in [6.45, 7) is 2.30. The Hall–Kier alpha value is -1.19. The van der Waals surface area contributed by atoms with E-state index in [1.807, 2.05) is 12.1 Å². The van der Waals surface area contributed by atoms with Crippen LogP contribution in [0, 0.1) is 29.6 Å². The van der Waals surface area contributed by atoms with Crippen LogP contribution >= 0.6 is 11.6 Å². The first kappa shape index (κ1) is 20.5. The predicted molar refractivity (Wildman–Crippen MR) is 118 cm³/mol. The highest BCUT2D eigenvalue weighted by atomic mass is 35.5. The maximum absolute atomic E-state index is 6.00. The van der Waals surface area contributed by atoms with Crippen LogP contribution in [0.15, 0.2) is 36.4 Å². The lowest BCUT2D eigenvalue weighted by molar-refractivity contribution is 0.291. The molecule has 0 aliphatic heterocycles. The van der Waals surface area contributed by atoms with Crippen LogP contribution < -0.4 is 0 Å². The Bertz CT molecular complexity index is 629. The van der Waals surface area contributed by atoms with Gasteiger partial charge in [-0.3, -0.25) is 0 Å². The minimum absolute atomic E-state index is 0.586. The minimum atomic E-state index is 0.586. The van der Waals surface area contributed by atoms with Crippen LogP contribution in [0.2, 0.25) is 5.02 Å². The van der Waals surface area contributed by atoms with Gasteiger partial charge in [-0.1, -0.05) is 67.8 Å². The van der Waals surface area contributed by atoms with E-state index in [2.05, 4.69) is 43.0 Å². The summed E-state index contributed by atoms with van der Waals surface area (Å²) >= 11 is 6.00. The second-order valence-electron chi connectivity index (χ2n) is 8.67. The molecule has 27 heavy (non-hydrogen) atoms. The van der Waals surface area contributed by atoms with E-state index in [0.717, 1.165) is 16.9 Å². The van der Waals surface area contributed by atoms with Crippen molar-refractivity contribution in [3.8, 4) is 11.8 Å². The molecule has 2 fully saturated rings. The third-order valence-electron chi connectivity index (χ3n) is 6.67. The number of unbranched alkanes of at least 4 members (excludes halogenated alkanes) is 1. The van der Waals surface area contributed by atoms with Crippen molar-refractivity contribution in [1.29, 1.82) is 0 Å². The van der Waals surface area contributed by atoms with Gasteiger partial charge in [-0.2, -0.15) is 0 Å². The van der Waals surface area contributed by atoms with Gasteiger partial charge in [0, 0.05) is 10.9 Å². The van der Waals surface area contributed by atoms with Crippen molar-refractivity contribution in [3.63, 3.8) is 0 Å². The van der Waals surface area contributed by atoms with Gasteiger partial charge in [-0.05, 0) is 92.9 Å². The molecule has 0 spiro atoms. The molecule has 1 aromatic carbocycles. The fourth-order valence-electron chi connectivity index (χ4n) is 4.82. The van der Waals surface area contributed by atoms with Gasteiger partial charge in [0.2, 0.25) is 0 Å². The van der Waals surface area contributed by atoms with Crippen LogP contribution in [0.5, 0.6) is 0 Å². The second kappa shape index (κ2) is 11.0. The molecule has 0 radical (unpaired) electrons. The summed E-state index contributed by atoms with van der Waals surface area (Å²) in [5.41, 5.74) is 1.44. The molecular formula is C26H35Cl. The van der Waals surface area contributed by atoms with E-state index in [4.69, 9.17) is 11.6 Å². The molecule has 0 aromatic heterocycles. The molecule has 2 saturated carbocycles. The largest absolute Gasteiger partial charge is 0.0951 e. The summed E-state index contributed by atoms with van der Waals surface area (Å²) in [4.78, 5) is 0. The molecule has 3 rings (SSSR count). The van der Waals surface area contributed by atoms with Crippen LogP contribution in [0.3, 0.4) is 0 Å². The third kappa shape index (κ3) is 6.73. The van der Waals surface area contributed by atoms with Gasteiger partial charge in [0.25, 0.3) is 0 Å². The van der Waals surface area contributed by atoms with Gasteiger partial charge in [-0.25, -0.2) is 0 Å². The number of allylic oxidation sites excluding steroid dienone is 2. The summed E-state index contributed by atoms with van der Waals surface area (Å²) in [7, 11) is 0. The number of hydrogen-bond donors (Lipinski definition) is 0. The van der Waals surface area contributed by atoms with E-state index in [-0.39, 0.29) is 0 Å². The van der Waals surface area contributed by atoms with Crippen molar-refractivity contribution in [2.75, 3.05) is 0 Å². The summed E-state index contributed by atoms with van der Waals surface area (Å²) < 4.78 is 0. The fourth-order valence-corrected chi connectivity index (χ4v) is 4.94. The van der Waals surface area contributed by atoms with Crippen molar-refractivity contribution in [1.82, 2.24) is 0 Å². The Kier molecular flexibility index (Phi) is 8.34. The van der Waals surface area contributed by atoms with Crippen molar-refractivity contribution in [2.24, 2.45) is 17.8 Å². The van der Waals surface area contributed by atoms with E-state index in [9.17, 15) is 0 Å². The standard InChI is InChI=1S/C26H35Cl/c1-2-3-6-21-9-11-22(12-10-21)7-4-5-8-23-13-15-24(16-14-23)25-17-19-26(27)20-18-25/h4,7,17-24H,2-3,6,9-16H2,1H3/b7-4+/t21-,22-,23-,24-. The molecule has 0 nitrogen and oxygen atoms in total. The van der Waals surface area contributed by atoms with E-state index in [1.165, 1.54) is 76.2 Å². The average Bonchev–Trinajstić information content (AvgIpc) is 2.72. The second-order valence-corrected chi connectivity index (χ2v) is 9.11. The zero-order valence-corrected chi connectivity index (χ0v) is 17.7. The first-order valence-corrected chi connectivity index (χ1v) is 11.6. The SMILES string of the molecule is CCCC[C@H]1CC[C@H](/C=C/C#C[C@H]2CC[C@H](c3ccc(Cl)cc3)CC2)CC1. The minimum Gasteiger partial charge on any atom is -0.0951 e. The Morgan fingerprint density at radius 1 is 0.963 bits per heavy atom. The van der Waals surface area contributed by atoms with Crippen LogP contribution in [-0.4, -0.2) is 0 Å². The topological polar surface area (TPSA) is 0 Å². The molecule has 0 heterocycles. The quantitative estimate of drug-likeness (QED) is 0.450. The molecule has 0 saturated heterocycles. The molecule has 1 heteroatoms. The smallest absolute Gasteiger partial charge is 0.0406 e. The van der Waals surface area contributed by atoms with Gasteiger partial charge in [-0.15, -0.1) is 0 Å². The van der Waals surface area contributed by atoms with Crippen molar-refractivity contribution in [3.05, 3.63) is 47.0 Å². The molecule has 2 aliphatic rings. The Morgan fingerprint density at radius 2 is 1.67 bits per heavy atom. The number of rotatable bonds is 5. The van der Waals surface area contributed by atoms with E-state index in [1.54, 1.807) is 0 Å².